The Hall–Kier alpha value is -1.10. The molecule has 2 rings (SSSR count). The fraction of sp³-hybridized carbons (Fsp3) is 0.920. The van der Waals surface area contributed by atoms with Crippen LogP contribution in [0.5, 0.6) is 0 Å². The van der Waals surface area contributed by atoms with E-state index in [4.69, 9.17) is 9.47 Å². The van der Waals surface area contributed by atoms with Crippen LogP contribution in [0.15, 0.2) is 0 Å². The lowest BCUT2D eigenvalue weighted by molar-refractivity contribution is -0.156. The van der Waals surface area contributed by atoms with Crippen molar-refractivity contribution < 1.29 is 24.2 Å². The number of rotatable bonds is 9. The van der Waals surface area contributed by atoms with E-state index in [9.17, 15) is 14.7 Å². The molecule has 0 amide bonds. The van der Waals surface area contributed by atoms with Gasteiger partial charge in [0.2, 0.25) is 0 Å². The molecule has 0 radical (unpaired) electrons. The van der Waals surface area contributed by atoms with Crippen molar-refractivity contribution in [3.8, 4) is 0 Å². The summed E-state index contributed by atoms with van der Waals surface area (Å²) >= 11 is 0. The van der Waals surface area contributed by atoms with E-state index in [1.54, 1.807) is 6.92 Å². The molecule has 5 nitrogen and oxygen atoms in total. The minimum Gasteiger partial charge on any atom is -0.465 e. The van der Waals surface area contributed by atoms with Crippen LogP contribution < -0.4 is 0 Å². The minimum absolute atomic E-state index is 0.0830. The van der Waals surface area contributed by atoms with Crippen molar-refractivity contribution in [2.24, 2.45) is 29.1 Å². The molecule has 1 N–H and O–H groups in total. The van der Waals surface area contributed by atoms with Crippen LogP contribution in [-0.2, 0) is 19.1 Å². The second kappa shape index (κ2) is 14.1. The zero-order chi connectivity index (χ0) is 22.6. The highest BCUT2D eigenvalue weighted by atomic mass is 16.5. The molecule has 0 atom stereocenters. The van der Waals surface area contributed by atoms with Crippen LogP contribution in [0.1, 0.15) is 98.8 Å². The summed E-state index contributed by atoms with van der Waals surface area (Å²) in [7, 11) is 0. The first-order valence-corrected chi connectivity index (χ1v) is 12.2. The van der Waals surface area contributed by atoms with Crippen molar-refractivity contribution >= 4 is 11.9 Å². The van der Waals surface area contributed by atoms with Gasteiger partial charge >= 0.3 is 11.9 Å². The molecule has 176 valence electrons. The molecule has 2 saturated carbocycles. The predicted molar refractivity (Wildman–Crippen MR) is 120 cm³/mol. The molecule has 0 aromatic heterocycles. The van der Waals surface area contributed by atoms with Crippen LogP contribution in [-0.4, -0.2) is 36.9 Å². The van der Waals surface area contributed by atoms with Crippen LogP contribution in [0, 0.1) is 29.1 Å². The second-order valence-corrected chi connectivity index (χ2v) is 9.95. The Balaban J connectivity index is 0.00000218. The van der Waals surface area contributed by atoms with Crippen LogP contribution in [0.2, 0.25) is 0 Å². The average Bonchev–Trinajstić information content (AvgIpc) is 2.75. The van der Waals surface area contributed by atoms with Gasteiger partial charge in [0.1, 0.15) is 13.2 Å². The van der Waals surface area contributed by atoms with E-state index in [2.05, 4.69) is 13.8 Å². The molecule has 0 saturated heterocycles. The predicted octanol–water partition coefficient (Wildman–Crippen LogP) is 5.53. The third-order valence-electron chi connectivity index (χ3n) is 6.73. The van der Waals surface area contributed by atoms with Gasteiger partial charge in [0, 0.05) is 12.8 Å². The van der Waals surface area contributed by atoms with Crippen molar-refractivity contribution in [3.05, 3.63) is 0 Å². The molecule has 5 heteroatoms. The fourth-order valence-electron chi connectivity index (χ4n) is 4.30. The van der Waals surface area contributed by atoms with E-state index in [0.29, 0.717) is 24.7 Å². The van der Waals surface area contributed by atoms with Crippen LogP contribution in [0.3, 0.4) is 0 Å². The van der Waals surface area contributed by atoms with Gasteiger partial charge < -0.3 is 14.6 Å². The van der Waals surface area contributed by atoms with Crippen molar-refractivity contribution in [1.29, 1.82) is 0 Å². The summed E-state index contributed by atoms with van der Waals surface area (Å²) in [5.74, 6) is 1.94. The van der Waals surface area contributed by atoms with Crippen molar-refractivity contribution in [2.75, 3.05) is 19.8 Å². The number of carbonyl (C=O) groups is 2. The average molecular weight is 427 g/mol. The molecule has 0 aliphatic heterocycles. The number of hydrogen-bond acceptors (Lipinski definition) is 5. The van der Waals surface area contributed by atoms with Gasteiger partial charge in [-0.15, -0.1) is 0 Å². The maximum Gasteiger partial charge on any atom is 0.306 e. The largest absolute Gasteiger partial charge is 0.465 e. The van der Waals surface area contributed by atoms with Crippen LogP contribution in [0.25, 0.3) is 0 Å². The Morgan fingerprint density at radius 3 is 1.40 bits per heavy atom. The van der Waals surface area contributed by atoms with Gasteiger partial charge in [0.15, 0.2) is 0 Å². The van der Waals surface area contributed by atoms with E-state index in [0.717, 1.165) is 37.5 Å². The summed E-state index contributed by atoms with van der Waals surface area (Å²) in [5.41, 5.74) is -0.743. The number of hydrogen-bond donors (Lipinski definition) is 1. The van der Waals surface area contributed by atoms with E-state index < -0.39 is 5.41 Å². The first-order chi connectivity index (χ1) is 14.3. The maximum absolute atomic E-state index is 12.2. The normalized spacial score (nSPS) is 28.5. The van der Waals surface area contributed by atoms with Gasteiger partial charge in [-0.25, -0.2) is 0 Å². The number of ether oxygens (including phenoxy) is 2. The Kier molecular flexibility index (Phi) is 12.6. The zero-order valence-corrected chi connectivity index (χ0v) is 20.1. The summed E-state index contributed by atoms with van der Waals surface area (Å²) in [6.45, 7) is 10.3. The minimum atomic E-state index is -0.743. The topological polar surface area (TPSA) is 72.8 Å². The lowest BCUT2D eigenvalue weighted by Gasteiger charge is -2.29. The Labute approximate surface area is 184 Å². The Morgan fingerprint density at radius 2 is 1.10 bits per heavy atom. The quantitative estimate of drug-likeness (QED) is 0.491. The number of esters is 2. The molecule has 0 aromatic carbocycles. The van der Waals surface area contributed by atoms with Gasteiger partial charge in [-0.3, -0.25) is 9.59 Å². The lowest BCUT2D eigenvalue weighted by Crippen LogP contribution is -2.35. The first-order valence-electron chi connectivity index (χ1n) is 12.2. The number of carbonyl (C=O) groups excluding carboxylic acids is 2. The molecule has 0 bridgehead atoms. The number of aliphatic hydroxyl groups is 1. The monoisotopic (exact) mass is 426 g/mol. The molecule has 2 fully saturated rings. The molecule has 0 unspecified atom stereocenters. The van der Waals surface area contributed by atoms with Crippen LogP contribution >= 0.6 is 0 Å². The standard InChI is InChI=1S/C23H40O5.C2H6/c1-17-4-8-19(9-5-17)12-21(25)27-15-23(3,14-24)16-28-22(26)13-20-10-6-18(2)7-11-20;1-2/h17-20,24H,4-16H2,1-3H3;1-2H3. The van der Waals surface area contributed by atoms with E-state index in [-0.39, 0.29) is 31.8 Å². The molecule has 0 aromatic rings. The third kappa shape index (κ3) is 10.3. The highest BCUT2D eigenvalue weighted by Gasteiger charge is 2.30. The van der Waals surface area contributed by atoms with Gasteiger partial charge in [0.25, 0.3) is 0 Å². The van der Waals surface area contributed by atoms with Crippen LogP contribution in [0.4, 0.5) is 0 Å². The highest BCUT2D eigenvalue weighted by molar-refractivity contribution is 5.70. The first kappa shape index (κ1) is 26.9. The highest BCUT2D eigenvalue weighted by Crippen LogP contribution is 2.32. The Morgan fingerprint density at radius 1 is 0.767 bits per heavy atom. The summed E-state index contributed by atoms with van der Waals surface area (Å²) in [5, 5.41) is 9.73. The molecular formula is C25H46O5. The molecule has 30 heavy (non-hydrogen) atoms. The third-order valence-corrected chi connectivity index (χ3v) is 6.73. The van der Waals surface area contributed by atoms with Crippen molar-refractivity contribution in [1.82, 2.24) is 0 Å². The SMILES string of the molecule is CC.CC1CCC(CC(=O)OCC(C)(CO)COC(=O)CC2CCC(C)CC2)CC1. The van der Waals surface area contributed by atoms with Crippen molar-refractivity contribution in [3.63, 3.8) is 0 Å². The smallest absolute Gasteiger partial charge is 0.306 e. The summed E-state index contributed by atoms with van der Waals surface area (Å²) in [4.78, 5) is 24.3. The zero-order valence-electron chi connectivity index (χ0n) is 20.1. The van der Waals surface area contributed by atoms with E-state index in [1.165, 1.54) is 25.7 Å². The summed E-state index contributed by atoms with van der Waals surface area (Å²) in [6.07, 6.45) is 9.99. The molecule has 2 aliphatic rings. The second-order valence-electron chi connectivity index (χ2n) is 9.95. The van der Waals surface area contributed by atoms with Crippen molar-refractivity contribution in [2.45, 2.75) is 98.8 Å². The maximum atomic E-state index is 12.2. The molecular weight excluding hydrogens is 380 g/mol. The lowest BCUT2D eigenvalue weighted by atomic mass is 9.81. The molecule has 0 spiro atoms. The number of aliphatic hydroxyl groups excluding tert-OH is 1. The molecule has 2 aliphatic carbocycles. The molecule has 0 heterocycles. The van der Waals surface area contributed by atoms with Gasteiger partial charge in [-0.1, -0.05) is 60.3 Å². The van der Waals surface area contributed by atoms with Gasteiger partial charge in [-0.05, 0) is 49.4 Å². The summed E-state index contributed by atoms with van der Waals surface area (Å²) < 4.78 is 10.9. The van der Waals surface area contributed by atoms with Gasteiger partial charge in [0.05, 0.1) is 12.0 Å². The summed E-state index contributed by atoms with van der Waals surface area (Å²) in [6, 6.07) is 0. The van der Waals surface area contributed by atoms with E-state index in [1.807, 2.05) is 13.8 Å². The van der Waals surface area contributed by atoms with E-state index >= 15 is 0 Å². The fourth-order valence-corrected chi connectivity index (χ4v) is 4.30. The van der Waals surface area contributed by atoms with Gasteiger partial charge in [-0.2, -0.15) is 0 Å². The Bertz CT molecular complexity index is 448.